The van der Waals surface area contributed by atoms with Crippen LogP contribution in [0.4, 0.5) is 10.2 Å². The van der Waals surface area contributed by atoms with Crippen LogP contribution >= 0.6 is 7.60 Å². The van der Waals surface area contributed by atoms with E-state index in [4.69, 9.17) is 29.8 Å². The number of aromatic nitrogens is 2. The van der Waals surface area contributed by atoms with E-state index in [1.165, 1.54) is 13.0 Å². The molecular weight excluding hydrogens is 562 g/mol. The standard InChI is InChI=1S/C25H28FN6O8P/c1-3-37-23(34)15(2)13-41(36,40-18-10-6-8-16-7-4-5-9-17(16)18)38-14-25(30-31-28)21(26)20(33)22(39-25)32-12-11-19(27)29-24(32)35/h4-12,15,20-22,28,33H,3,13-14H2,1-2H3,(H-,27,29,35)/p+1/t15-,20-,21+,22-,25-,41?/m1/s1. The summed E-state index contributed by atoms with van der Waals surface area (Å²) in [5, 5.41) is 15.5. The maximum Gasteiger partial charge on any atom is 0.380 e. The number of benzene rings is 2. The van der Waals surface area contributed by atoms with E-state index in [9.17, 15) is 19.3 Å². The van der Waals surface area contributed by atoms with Gasteiger partial charge in [0.1, 0.15) is 29.8 Å². The predicted octanol–water partition coefficient (Wildman–Crippen LogP) is 2.94. The number of nitrogens with zero attached hydrogens (tertiary/aromatic N) is 4. The van der Waals surface area contributed by atoms with Crippen molar-refractivity contribution < 1.29 is 37.4 Å². The van der Waals surface area contributed by atoms with Gasteiger partial charge in [-0.1, -0.05) is 43.3 Å². The zero-order chi connectivity index (χ0) is 29.8. The van der Waals surface area contributed by atoms with Crippen molar-refractivity contribution in [2.45, 2.75) is 38.1 Å². The van der Waals surface area contributed by atoms with Crippen LogP contribution in [0.1, 0.15) is 20.1 Å². The highest BCUT2D eigenvalue weighted by atomic mass is 31.2. The van der Waals surface area contributed by atoms with Gasteiger partial charge in [-0.15, -0.1) is 0 Å². The molecule has 218 valence electrons. The topological polar surface area (TPSA) is 203 Å². The average molecular weight is 592 g/mol. The van der Waals surface area contributed by atoms with Crippen molar-refractivity contribution in [3.8, 4) is 5.75 Å². The normalized spacial score (nSPS) is 24.2. The Morgan fingerprint density at radius 1 is 1.34 bits per heavy atom. The molecule has 14 nitrogen and oxygen atoms in total. The lowest BCUT2D eigenvalue weighted by molar-refractivity contribution is -0.146. The minimum Gasteiger partial charge on any atom is -0.466 e. The molecule has 4 N–H and O–H groups in total. The molecule has 0 aliphatic carbocycles. The maximum atomic E-state index is 15.6. The highest BCUT2D eigenvalue weighted by Gasteiger charge is 2.62. The number of hydrogen-bond acceptors (Lipinski definition) is 12. The maximum absolute atomic E-state index is 15.6. The van der Waals surface area contributed by atoms with Gasteiger partial charge in [0.25, 0.3) is 0 Å². The Bertz CT molecular complexity index is 1580. The average Bonchev–Trinajstić information content (AvgIpc) is 3.18. The molecule has 1 aliphatic rings. The van der Waals surface area contributed by atoms with Gasteiger partial charge in [-0.2, -0.15) is 4.98 Å². The Morgan fingerprint density at radius 3 is 2.78 bits per heavy atom. The number of fused-ring (bicyclic) bond motifs is 1. The lowest BCUT2D eigenvalue weighted by Crippen LogP contribution is -2.43. The second-order valence-corrected chi connectivity index (χ2v) is 11.3. The Balaban J connectivity index is 1.68. The van der Waals surface area contributed by atoms with Gasteiger partial charge in [-0.25, -0.2) is 13.8 Å². The summed E-state index contributed by atoms with van der Waals surface area (Å²) < 4.78 is 52.8. The van der Waals surface area contributed by atoms with E-state index in [2.05, 4.69) is 15.0 Å². The number of aliphatic hydroxyl groups excluding tert-OH is 1. The number of alkyl halides is 1. The van der Waals surface area contributed by atoms with E-state index in [0.29, 0.717) is 5.39 Å². The highest BCUT2D eigenvalue weighted by Crippen LogP contribution is 2.53. The number of ether oxygens (including phenoxy) is 2. The van der Waals surface area contributed by atoms with E-state index < -0.39 is 62.2 Å². The van der Waals surface area contributed by atoms with Crippen molar-refractivity contribution in [2.75, 3.05) is 25.1 Å². The lowest BCUT2D eigenvalue weighted by Gasteiger charge is -2.26. The highest BCUT2D eigenvalue weighted by molar-refractivity contribution is 7.54. The molecule has 0 amide bonds. The molecule has 2 heterocycles. The molecular formula is C25H29FN6O8P+. The summed E-state index contributed by atoms with van der Waals surface area (Å²) >= 11 is 0. The van der Waals surface area contributed by atoms with Gasteiger partial charge in [0.05, 0.1) is 18.7 Å². The van der Waals surface area contributed by atoms with Crippen molar-refractivity contribution in [3.05, 3.63) is 65.2 Å². The van der Waals surface area contributed by atoms with Crippen molar-refractivity contribution in [1.82, 2.24) is 14.5 Å². The number of nitrogens with one attached hydrogen (secondary N) is 1. The van der Waals surface area contributed by atoms with Crippen molar-refractivity contribution >= 4 is 30.2 Å². The number of esters is 1. The zero-order valence-corrected chi connectivity index (χ0v) is 23.0. The van der Waals surface area contributed by atoms with Gasteiger partial charge in [-0.3, -0.25) is 13.9 Å². The summed E-state index contributed by atoms with van der Waals surface area (Å²) in [5.41, 5.74) is 9.26. The van der Waals surface area contributed by atoms with Crippen molar-refractivity contribution in [1.29, 1.82) is 5.53 Å². The number of nitrogen functional groups attached to an aromatic ring is 1. The number of halogens is 1. The van der Waals surface area contributed by atoms with Crippen LogP contribution in [0.15, 0.2) is 64.6 Å². The van der Waals surface area contributed by atoms with Crippen LogP contribution in [-0.4, -0.2) is 58.0 Å². The molecule has 1 fully saturated rings. The number of hydrogen-bond donors (Lipinski definition) is 3. The molecule has 0 radical (unpaired) electrons. The van der Waals surface area contributed by atoms with Crippen LogP contribution in [0.5, 0.6) is 5.75 Å². The van der Waals surface area contributed by atoms with Gasteiger partial charge in [0.2, 0.25) is 4.91 Å². The van der Waals surface area contributed by atoms with E-state index >= 15 is 4.39 Å². The number of carbonyl (C=O) groups excluding carboxylic acids is 1. The van der Waals surface area contributed by atoms with Gasteiger partial charge >= 0.3 is 25.0 Å². The van der Waals surface area contributed by atoms with E-state index in [0.717, 1.165) is 16.2 Å². The molecule has 0 saturated carbocycles. The smallest absolute Gasteiger partial charge is 0.380 e. The molecule has 3 aromatic rings. The minimum atomic E-state index is -4.34. The van der Waals surface area contributed by atoms with Gasteiger partial charge in [0.15, 0.2) is 17.5 Å². The number of nitrogens with two attached hydrogens (primary N) is 1. The van der Waals surface area contributed by atoms with Crippen LogP contribution in [0.3, 0.4) is 0 Å². The molecule has 0 bridgehead atoms. The Hall–Kier alpha value is -4.00. The zero-order valence-electron chi connectivity index (χ0n) is 22.1. The molecule has 2 aromatic carbocycles. The number of aliphatic hydroxyl groups is 1. The summed E-state index contributed by atoms with van der Waals surface area (Å²) in [6, 6.07) is 13.4. The Morgan fingerprint density at radius 2 is 2.07 bits per heavy atom. The molecule has 0 spiro atoms. The summed E-state index contributed by atoms with van der Waals surface area (Å²) in [5.74, 6) is -1.57. The van der Waals surface area contributed by atoms with Gasteiger partial charge in [0, 0.05) is 11.6 Å². The first kappa shape index (κ1) is 30.0. The summed E-state index contributed by atoms with van der Waals surface area (Å²) in [4.78, 5) is 31.1. The Kier molecular flexibility index (Phi) is 8.95. The van der Waals surface area contributed by atoms with Crippen LogP contribution in [0.2, 0.25) is 0 Å². The van der Waals surface area contributed by atoms with Gasteiger partial charge in [-0.05, 0) is 24.4 Å². The number of carbonyl (C=O) groups is 1. The largest absolute Gasteiger partial charge is 0.466 e. The molecule has 6 atom stereocenters. The second-order valence-electron chi connectivity index (χ2n) is 9.28. The minimum absolute atomic E-state index is 0.0848. The molecule has 1 unspecified atom stereocenters. The molecule has 1 saturated heterocycles. The molecule has 1 aromatic heterocycles. The molecule has 1 aliphatic heterocycles. The van der Waals surface area contributed by atoms with Crippen molar-refractivity contribution in [2.24, 2.45) is 11.0 Å². The van der Waals surface area contributed by atoms with Gasteiger partial charge < -0.3 is 24.8 Å². The van der Waals surface area contributed by atoms with Crippen LogP contribution in [-0.2, 0) is 23.4 Å². The fourth-order valence-electron chi connectivity index (χ4n) is 4.33. The third kappa shape index (κ3) is 6.34. The van der Waals surface area contributed by atoms with E-state index in [1.807, 2.05) is 18.2 Å². The van der Waals surface area contributed by atoms with Crippen LogP contribution in [0.25, 0.3) is 10.8 Å². The monoisotopic (exact) mass is 591 g/mol. The second kappa shape index (κ2) is 12.2. The van der Waals surface area contributed by atoms with E-state index in [1.54, 1.807) is 31.2 Å². The fourth-order valence-corrected chi connectivity index (χ4v) is 6.22. The molecule has 4 rings (SSSR count). The van der Waals surface area contributed by atoms with Crippen LogP contribution < -0.4 is 20.9 Å². The third-order valence-corrected chi connectivity index (χ3v) is 8.33. The Labute approximate surface area is 233 Å². The summed E-state index contributed by atoms with van der Waals surface area (Å²) in [6.07, 6.45) is -5.41. The summed E-state index contributed by atoms with van der Waals surface area (Å²) in [6.45, 7) is 2.19. The molecule has 16 heteroatoms. The van der Waals surface area contributed by atoms with Crippen molar-refractivity contribution in [3.63, 3.8) is 0 Å². The third-order valence-electron chi connectivity index (χ3n) is 6.33. The summed E-state index contributed by atoms with van der Waals surface area (Å²) in [7, 11) is -4.34. The first-order chi connectivity index (χ1) is 19.5. The number of anilines is 1. The first-order valence-electron chi connectivity index (χ1n) is 12.5. The SMILES string of the molecule is CCOC(=O)[C@H](C)CP(=O)(OC[C@@]1(N=[N+]=N)O[C@@H](n2ccc(N)nc2=O)[C@H](O)[C@@H]1F)Oc1cccc2ccccc12. The fraction of sp³-hybridized carbons (Fsp3) is 0.400. The lowest BCUT2D eigenvalue weighted by atomic mass is 10.1. The number of rotatable bonds is 11. The van der Waals surface area contributed by atoms with E-state index in [-0.39, 0.29) is 18.2 Å². The molecule has 41 heavy (non-hydrogen) atoms. The van der Waals surface area contributed by atoms with Crippen LogP contribution in [0, 0.1) is 11.4 Å². The quantitative estimate of drug-likeness (QED) is 0.129. The first-order valence-corrected chi connectivity index (χ1v) is 14.3. The predicted molar refractivity (Wildman–Crippen MR) is 143 cm³/mol.